The van der Waals surface area contributed by atoms with Crippen LogP contribution in [0.3, 0.4) is 0 Å². The molecule has 2 atom stereocenters. The van der Waals surface area contributed by atoms with Crippen LogP contribution >= 0.6 is 0 Å². The van der Waals surface area contributed by atoms with Crippen LogP contribution in [0.1, 0.15) is 58.4 Å². The molecule has 0 radical (unpaired) electrons. The summed E-state index contributed by atoms with van der Waals surface area (Å²) in [6.45, 7) is 6.69. The fraction of sp³-hybridized carbons (Fsp3) is 0.550. The van der Waals surface area contributed by atoms with Crippen molar-refractivity contribution >= 4 is 17.5 Å². The van der Waals surface area contributed by atoms with Gasteiger partial charge < -0.3 is 4.74 Å². The Morgan fingerprint density at radius 3 is 2.62 bits per heavy atom. The minimum Gasteiger partial charge on any atom is -0.443 e. The Labute approximate surface area is 144 Å². The lowest BCUT2D eigenvalue weighted by atomic mass is 9.63. The fourth-order valence-corrected chi connectivity index (χ4v) is 3.89. The number of hydrogen-bond acceptors (Lipinski definition) is 3. The summed E-state index contributed by atoms with van der Waals surface area (Å²) >= 11 is 0. The number of fused-ring (bicyclic) bond motifs is 1. The van der Waals surface area contributed by atoms with E-state index in [9.17, 15) is 4.79 Å². The quantitative estimate of drug-likeness (QED) is 0.736. The molecule has 1 aliphatic carbocycles. The minimum absolute atomic E-state index is 0.00862. The number of ether oxygens (including phenoxy) is 1. The van der Waals surface area contributed by atoms with Crippen LogP contribution < -0.4 is 0 Å². The molecule has 4 nitrogen and oxygen atoms in total. The summed E-state index contributed by atoms with van der Waals surface area (Å²) < 4.78 is 5.25. The van der Waals surface area contributed by atoms with Crippen LogP contribution in [0.2, 0.25) is 0 Å². The van der Waals surface area contributed by atoms with E-state index >= 15 is 0 Å². The zero-order valence-electron chi connectivity index (χ0n) is 14.8. The summed E-state index contributed by atoms with van der Waals surface area (Å²) in [5.41, 5.74) is 2.82. The minimum atomic E-state index is -0.538. The maximum atomic E-state index is 12.0. The van der Waals surface area contributed by atoms with Gasteiger partial charge in [-0.2, -0.15) is 4.99 Å². The molecule has 2 aliphatic rings. The third-order valence-corrected chi connectivity index (χ3v) is 5.76. The smallest absolute Gasteiger partial charge is 0.434 e. The Morgan fingerprint density at radius 2 is 1.92 bits per heavy atom. The third-order valence-electron chi connectivity index (χ3n) is 5.76. The lowest BCUT2D eigenvalue weighted by Gasteiger charge is -2.43. The SMILES string of the molecule is C/C(=N\C(=O)OCc1ccccc1)C1=NC2(C)CCCCC2(C)C1. The van der Waals surface area contributed by atoms with Crippen LogP contribution in [0.4, 0.5) is 4.79 Å². The molecule has 128 valence electrons. The van der Waals surface area contributed by atoms with Crippen LogP contribution in [-0.2, 0) is 11.3 Å². The number of carbonyl (C=O) groups is 1. The molecular weight excluding hydrogens is 300 g/mol. The third kappa shape index (κ3) is 3.28. The van der Waals surface area contributed by atoms with Crippen molar-refractivity contribution in [1.82, 2.24) is 0 Å². The summed E-state index contributed by atoms with van der Waals surface area (Å²) in [5.74, 6) is 0. The topological polar surface area (TPSA) is 51.0 Å². The Morgan fingerprint density at radius 1 is 1.21 bits per heavy atom. The lowest BCUT2D eigenvalue weighted by Crippen LogP contribution is -2.41. The molecular formula is C20H26N2O2. The van der Waals surface area contributed by atoms with Crippen LogP contribution in [0.15, 0.2) is 40.3 Å². The summed E-state index contributed by atoms with van der Waals surface area (Å²) in [6.07, 6.45) is 5.19. The Hall–Kier alpha value is -1.97. The number of rotatable bonds is 3. The van der Waals surface area contributed by atoms with E-state index in [0.717, 1.165) is 24.1 Å². The van der Waals surface area contributed by atoms with E-state index in [4.69, 9.17) is 9.73 Å². The number of nitrogens with zero attached hydrogens (tertiary/aromatic N) is 2. The molecule has 1 saturated carbocycles. The van der Waals surface area contributed by atoms with Gasteiger partial charge in [-0.1, -0.05) is 50.1 Å². The highest BCUT2D eigenvalue weighted by atomic mass is 16.5. The van der Waals surface area contributed by atoms with Crippen LogP contribution in [-0.4, -0.2) is 23.1 Å². The van der Waals surface area contributed by atoms with Gasteiger partial charge in [-0.15, -0.1) is 0 Å². The first-order valence-electron chi connectivity index (χ1n) is 8.77. The Balaban J connectivity index is 1.65. The molecule has 1 aliphatic heterocycles. The lowest BCUT2D eigenvalue weighted by molar-refractivity contribution is 0.122. The van der Waals surface area contributed by atoms with Crippen LogP contribution in [0.5, 0.6) is 0 Å². The van der Waals surface area contributed by atoms with Gasteiger partial charge in [-0.25, -0.2) is 4.79 Å². The second-order valence-electron chi connectivity index (χ2n) is 7.51. The number of benzene rings is 1. The highest BCUT2D eigenvalue weighted by molar-refractivity contribution is 6.43. The molecule has 24 heavy (non-hydrogen) atoms. The number of amides is 1. The first-order chi connectivity index (χ1) is 11.4. The van der Waals surface area contributed by atoms with E-state index in [-0.39, 0.29) is 17.6 Å². The van der Waals surface area contributed by atoms with Crippen LogP contribution in [0.25, 0.3) is 0 Å². The molecule has 1 aromatic rings. The first kappa shape index (κ1) is 16.9. The molecule has 3 rings (SSSR count). The highest BCUT2D eigenvalue weighted by Gasteiger charge is 2.51. The van der Waals surface area contributed by atoms with Crippen molar-refractivity contribution in [3.8, 4) is 0 Å². The number of aliphatic imine (C=N–C) groups is 2. The molecule has 0 N–H and O–H groups in total. The van der Waals surface area contributed by atoms with E-state index in [0.29, 0.717) is 5.71 Å². The van der Waals surface area contributed by atoms with Crippen molar-refractivity contribution in [1.29, 1.82) is 0 Å². The van der Waals surface area contributed by atoms with Crippen molar-refractivity contribution in [2.75, 3.05) is 0 Å². The summed E-state index contributed by atoms with van der Waals surface area (Å²) in [5, 5.41) is 0. The van der Waals surface area contributed by atoms with Gasteiger partial charge in [0, 0.05) is 0 Å². The molecule has 1 fully saturated rings. The van der Waals surface area contributed by atoms with E-state index in [1.54, 1.807) is 0 Å². The highest BCUT2D eigenvalue weighted by Crippen LogP contribution is 2.52. The van der Waals surface area contributed by atoms with E-state index in [2.05, 4.69) is 18.8 Å². The second kappa shape index (κ2) is 6.50. The monoisotopic (exact) mass is 326 g/mol. The standard InChI is InChI=1S/C20H26N2O2/c1-15(21-18(23)24-14-16-9-5-4-6-10-16)17-13-19(2)11-7-8-12-20(19,3)22-17/h4-6,9-10H,7-8,11-14H2,1-3H3/b21-15+. The van der Waals surface area contributed by atoms with Gasteiger partial charge in [0.1, 0.15) is 6.61 Å². The van der Waals surface area contributed by atoms with Crippen molar-refractivity contribution in [2.45, 2.75) is 65.0 Å². The van der Waals surface area contributed by atoms with Crippen molar-refractivity contribution in [3.63, 3.8) is 0 Å². The molecule has 0 spiro atoms. The van der Waals surface area contributed by atoms with E-state index in [1.807, 2.05) is 37.3 Å². The van der Waals surface area contributed by atoms with Crippen molar-refractivity contribution in [3.05, 3.63) is 35.9 Å². The van der Waals surface area contributed by atoms with Gasteiger partial charge in [0.2, 0.25) is 0 Å². The number of hydrogen-bond donors (Lipinski definition) is 0. The van der Waals surface area contributed by atoms with Gasteiger partial charge in [0.15, 0.2) is 0 Å². The predicted octanol–water partition coefficient (Wildman–Crippen LogP) is 4.97. The summed E-state index contributed by atoms with van der Waals surface area (Å²) in [4.78, 5) is 21.1. The second-order valence-corrected chi connectivity index (χ2v) is 7.51. The molecule has 0 aromatic heterocycles. The molecule has 1 heterocycles. The van der Waals surface area contributed by atoms with Crippen molar-refractivity contribution < 1.29 is 9.53 Å². The average molecular weight is 326 g/mol. The molecule has 4 heteroatoms. The zero-order valence-corrected chi connectivity index (χ0v) is 14.8. The molecule has 0 bridgehead atoms. The van der Waals surface area contributed by atoms with Gasteiger partial charge in [0.25, 0.3) is 0 Å². The van der Waals surface area contributed by atoms with E-state index in [1.165, 1.54) is 19.3 Å². The van der Waals surface area contributed by atoms with Crippen molar-refractivity contribution in [2.24, 2.45) is 15.4 Å². The Bertz CT molecular complexity index is 680. The average Bonchev–Trinajstić information content (AvgIpc) is 2.85. The largest absolute Gasteiger partial charge is 0.443 e. The number of carbonyl (C=O) groups excluding carboxylic acids is 1. The molecule has 2 unspecified atom stereocenters. The van der Waals surface area contributed by atoms with Gasteiger partial charge in [-0.3, -0.25) is 4.99 Å². The fourth-order valence-electron chi connectivity index (χ4n) is 3.89. The van der Waals surface area contributed by atoms with Crippen LogP contribution in [0, 0.1) is 5.41 Å². The molecule has 1 amide bonds. The summed E-state index contributed by atoms with van der Waals surface area (Å²) in [6, 6.07) is 9.64. The Kier molecular flexibility index (Phi) is 4.57. The normalized spacial score (nSPS) is 29.8. The summed E-state index contributed by atoms with van der Waals surface area (Å²) in [7, 11) is 0. The predicted molar refractivity (Wildman–Crippen MR) is 96.8 cm³/mol. The molecule has 1 aromatic carbocycles. The van der Waals surface area contributed by atoms with Gasteiger partial charge in [-0.05, 0) is 44.1 Å². The maximum absolute atomic E-state index is 12.0. The van der Waals surface area contributed by atoms with E-state index < -0.39 is 6.09 Å². The first-order valence-corrected chi connectivity index (χ1v) is 8.77. The maximum Gasteiger partial charge on any atom is 0.434 e. The molecule has 0 saturated heterocycles. The van der Waals surface area contributed by atoms with Gasteiger partial charge >= 0.3 is 6.09 Å². The van der Waals surface area contributed by atoms with Gasteiger partial charge in [0.05, 0.1) is 17.0 Å². The zero-order chi connectivity index (χ0) is 17.2.